The van der Waals surface area contributed by atoms with Gasteiger partial charge in [0.15, 0.2) is 0 Å². The zero-order valence-electron chi connectivity index (χ0n) is 13.1. The highest BCUT2D eigenvalue weighted by molar-refractivity contribution is 5.97. The van der Waals surface area contributed by atoms with Crippen molar-refractivity contribution in [3.63, 3.8) is 0 Å². The molecule has 126 valence electrons. The summed E-state index contributed by atoms with van der Waals surface area (Å²) in [6.45, 7) is 4.26. The van der Waals surface area contributed by atoms with Crippen LogP contribution in [0.1, 0.15) is 27.0 Å². The summed E-state index contributed by atoms with van der Waals surface area (Å²) in [4.78, 5) is 24.7. The number of hydrogen-bond acceptors (Lipinski definition) is 2. The first-order valence-electron chi connectivity index (χ1n) is 7.19. The minimum atomic E-state index is -4.64. The molecule has 1 aromatic rings. The Morgan fingerprint density at radius 1 is 1.13 bits per heavy atom. The van der Waals surface area contributed by atoms with Crippen LogP contribution in [0.3, 0.4) is 0 Å². The van der Waals surface area contributed by atoms with Crippen LogP contribution in [0.25, 0.3) is 0 Å². The van der Waals surface area contributed by atoms with Gasteiger partial charge in [0.05, 0.1) is 11.8 Å². The first-order valence-corrected chi connectivity index (χ1v) is 7.19. The smallest absolute Gasteiger partial charge is 0.394 e. The van der Waals surface area contributed by atoms with Gasteiger partial charge >= 0.3 is 12.1 Å². The van der Waals surface area contributed by atoms with Crippen LogP contribution in [-0.2, 0) is 4.79 Å². The standard InChI is InChI=1S/C16H18F3NO3/c1-8-4-9(2)13(10(3)5-8)14(21)20-6-11(15(22)23)12(7-20)16(17,18)19/h4-5,11-12H,6-7H2,1-3H3,(H,22,23)/t11-,12-/m1/s1. The Morgan fingerprint density at radius 3 is 2.04 bits per heavy atom. The predicted molar refractivity (Wildman–Crippen MR) is 77.2 cm³/mol. The number of carboxylic acid groups (broad SMARTS) is 1. The Balaban J connectivity index is 2.33. The lowest BCUT2D eigenvalue weighted by molar-refractivity contribution is -0.187. The molecular weight excluding hydrogens is 311 g/mol. The molecular formula is C16H18F3NO3. The van der Waals surface area contributed by atoms with Crippen LogP contribution in [0.2, 0.25) is 0 Å². The number of likely N-dealkylation sites (tertiary alicyclic amines) is 1. The number of alkyl halides is 3. The van der Waals surface area contributed by atoms with Crippen LogP contribution in [-0.4, -0.2) is 41.1 Å². The fraction of sp³-hybridized carbons (Fsp3) is 0.500. The van der Waals surface area contributed by atoms with Gasteiger partial charge in [0, 0.05) is 18.7 Å². The highest BCUT2D eigenvalue weighted by Gasteiger charge is 2.53. The van der Waals surface area contributed by atoms with E-state index >= 15 is 0 Å². The van der Waals surface area contributed by atoms with E-state index in [0.29, 0.717) is 16.7 Å². The first kappa shape index (κ1) is 17.3. The zero-order chi connectivity index (χ0) is 17.5. The lowest BCUT2D eigenvalue weighted by Gasteiger charge is -2.20. The third-order valence-corrected chi connectivity index (χ3v) is 4.24. The molecule has 0 aliphatic carbocycles. The summed E-state index contributed by atoms with van der Waals surface area (Å²) in [5.41, 5.74) is 2.65. The fourth-order valence-corrected chi connectivity index (χ4v) is 3.23. The van der Waals surface area contributed by atoms with E-state index in [0.717, 1.165) is 10.5 Å². The van der Waals surface area contributed by atoms with Crippen molar-refractivity contribution in [1.29, 1.82) is 0 Å². The molecule has 23 heavy (non-hydrogen) atoms. The molecule has 1 amide bonds. The molecule has 1 heterocycles. The summed E-state index contributed by atoms with van der Waals surface area (Å²) >= 11 is 0. The molecule has 2 rings (SSSR count). The summed E-state index contributed by atoms with van der Waals surface area (Å²) in [5, 5.41) is 9.02. The molecule has 1 saturated heterocycles. The van der Waals surface area contributed by atoms with Crippen LogP contribution >= 0.6 is 0 Å². The Labute approximate surface area is 131 Å². The minimum Gasteiger partial charge on any atom is -0.481 e. The van der Waals surface area contributed by atoms with E-state index in [-0.39, 0.29) is 0 Å². The van der Waals surface area contributed by atoms with E-state index in [4.69, 9.17) is 5.11 Å². The third-order valence-electron chi connectivity index (χ3n) is 4.24. The molecule has 0 aromatic heterocycles. The summed E-state index contributed by atoms with van der Waals surface area (Å²) in [7, 11) is 0. The quantitative estimate of drug-likeness (QED) is 0.907. The van der Waals surface area contributed by atoms with Crippen LogP contribution in [0.4, 0.5) is 13.2 Å². The molecule has 0 radical (unpaired) electrons. The van der Waals surface area contributed by atoms with Crippen LogP contribution in [0.15, 0.2) is 12.1 Å². The van der Waals surface area contributed by atoms with Crippen molar-refractivity contribution >= 4 is 11.9 Å². The van der Waals surface area contributed by atoms with Gasteiger partial charge in [-0.3, -0.25) is 9.59 Å². The van der Waals surface area contributed by atoms with Gasteiger partial charge in [0.25, 0.3) is 5.91 Å². The number of aliphatic carboxylic acids is 1. The maximum atomic E-state index is 13.0. The molecule has 1 N–H and O–H groups in total. The number of halogens is 3. The largest absolute Gasteiger partial charge is 0.481 e. The van der Waals surface area contributed by atoms with Gasteiger partial charge in [-0.05, 0) is 31.9 Å². The number of hydrogen-bond donors (Lipinski definition) is 1. The van der Waals surface area contributed by atoms with Crippen molar-refractivity contribution in [2.45, 2.75) is 26.9 Å². The topological polar surface area (TPSA) is 57.6 Å². The number of carbonyl (C=O) groups is 2. The predicted octanol–water partition coefficient (Wildman–Crippen LogP) is 2.95. The van der Waals surface area contributed by atoms with E-state index in [2.05, 4.69) is 0 Å². The number of carbonyl (C=O) groups excluding carboxylic acids is 1. The van der Waals surface area contributed by atoms with Crippen LogP contribution < -0.4 is 0 Å². The monoisotopic (exact) mass is 329 g/mol. The minimum absolute atomic E-state index is 0.350. The zero-order valence-corrected chi connectivity index (χ0v) is 13.1. The molecule has 1 aliphatic heterocycles. The normalized spacial score (nSPS) is 21.6. The van der Waals surface area contributed by atoms with Crippen molar-refractivity contribution < 1.29 is 27.9 Å². The van der Waals surface area contributed by atoms with E-state index in [9.17, 15) is 22.8 Å². The summed E-state index contributed by atoms with van der Waals surface area (Å²) in [6.07, 6.45) is -4.64. The molecule has 0 saturated carbocycles. The number of aryl methyl sites for hydroxylation is 3. The third kappa shape index (κ3) is 3.33. The Kier molecular flexibility index (Phi) is 4.41. The van der Waals surface area contributed by atoms with Gasteiger partial charge in [-0.1, -0.05) is 17.7 Å². The average molecular weight is 329 g/mol. The molecule has 1 aromatic carbocycles. The van der Waals surface area contributed by atoms with Crippen LogP contribution in [0, 0.1) is 32.6 Å². The molecule has 0 spiro atoms. The van der Waals surface area contributed by atoms with Crippen molar-refractivity contribution in [3.05, 3.63) is 34.4 Å². The molecule has 4 nitrogen and oxygen atoms in total. The van der Waals surface area contributed by atoms with Crippen molar-refractivity contribution in [1.82, 2.24) is 4.90 Å². The van der Waals surface area contributed by atoms with Gasteiger partial charge in [-0.25, -0.2) is 0 Å². The second kappa shape index (κ2) is 5.86. The first-order chi connectivity index (χ1) is 10.5. The van der Waals surface area contributed by atoms with Crippen molar-refractivity contribution in [3.8, 4) is 0 Å². The second-order valence-electron chi connectivity index (χ2n) is 6.08. The molecule has 7 heteroatoms. The second-order valence-corrected chi connectivity index (χ2v) is 6.08. The van der Waals surface area contributed by atoms with E-state index in [1.807, 2.05) is 6.92 Å². The number of carboxylic acids is 1. The Morgan fingerprint density at radius 2 is 1.65 bits per heavy atom. The lowest BCUT2D eigenvalue weighted by Crippen LogP contribution is -2.34. The molecule has 1 fully saturated rings. The van der Waals surface area contributed by atoms with Gasteiger partial charge < -0.3 is 10.0 Å². The fourth-order valence-electron chi connectivity index (χ4n) is 3.23. The van der Waals surface area contributed by atoms with Gasteiger partial charge in [-0.2, -0.15) is 13.2 Å². The Bertz CT molecular complexity index is 631. The lowest BCUT2D eigenvalue weighted by atomic mass is 9.96. The molecule has 1 aliphatic rings. The molecule has 0 bridgehead atoms. The maximum Gasteiger partial charge on any atom is 0.394 e. The summed E-state index contributed by atoms with van der Waals surface area (Å²) < 4.78 is 39.1. The van der Waals surface area contributed by atoms with E-state index < -0.39 is 43.0 Å². The summed E-state index contributed by atoms with van der Waals surface area (Å²) in [6, 6.07) is 3.57. The van der Waals surface area contributed by atoms with Gasteiger partial charge in [0.1, 0.15) is 0 Å². The Hall–Kier alpha value is -2.05. The van der Waals surface area contributed by atoms with E-state index in [1.165, 1.54) is 0 Å². The highest BCUT2D eigenvalue weighted by atomic mass is 19.4. The molecule has 0 unspecified atom stereocenters. The number of rotatable bonds is 2. The van der Waals surface area contributed by atoms with Crippen molar-refractivity contribution in [2.24, 2.45) is 11.8 Å². The molecule has 2 atom stereocenters. The van der Waals surface area contributed by atoms with Gasteiger partial charge in [-0.15, -0.1) is 0 Å². The van der Waals surface area contributed by atoms with Crippen molar-refractivity contribution in [2.75, 3.05) is 13.1 Å². The van der Waals surface area contributed by atoms with E-state index in [1.54, 1.807) is 26.0 Å². The van der Waals surface area contributed by atoms with Gasteiger partial charge in [0.2, 0.25) is 0 Å². The average Bonchev–Trinajstić information content (AvgIpc) is 2.82. The highest BCUT2D eigenvalue weighted by Crippen LogP contribution is 2.38. The summed E-state index contributed by atoms with van der Waals surface area (Å²) in [5.74, 6) is -5.72. The SMILES string of the molecule is Cc1cc(C)c(C(=O)N2C[C@@H](C(F)(F)F)[C@H](C(=O)O)C2)c(C)c1. The maximum absolute atomic E-state index is 13.0. The number of benzene rings is 1. The number of amides is 1. The number of nitrogens with zero attached hydrogens (tertiary/aromatic N) is 1. The van der Waals surface area contributed by atoms with Crippen LogP contribution in [0.5, 0.6) is 0 Å².